The van der Waals surface area contributed by atoms with Crippen molar-refractivity contribution in [3.8, 4) is 0 Å². The standard InChI is InChI=1S/C14H19N3O2/c1-17(10-11-6-3-2-4-7-11)13(18)14(8-5-9-14)12(15)16-19/h2-4,6-7,19H,5,8-10H2,1H3,(H2,15,16). The van der Waals surface area contributed by atoms with E-state index in [1.807, 2.05) is 30.3 Å². The molecule has 0 bridgehead atoms. The summed E-state index contributed by atoms with van der Waals surface area (Å²) in [7, 11) is 1.75. The van der Waals surface area contributed by atoms with Crippen molar-refractivity contribution in [2.45, 2.75) is 25.8 Å². The molecule has 0 aliphatic heterocycles. The van der Waals surface area contributed by atoms with E-state index in [-0.39, 0.29) is 11.7 Å². The number of nitrogens with zero attached hydrogens (tertiary/aromatic N) is 2. The predicted molar refractivity (Wildman–Crippen MR) is 72.6 cm³/mol. The van der Waals surface area contributed by atoms with Gasteiger partial charge < -0.3 is 15.8 Å². The van der Waals surface area contributed by atoms with Crippen molar-refractivity contribution in [2.24, 2.45) is 16.3 Å². The molecule has 102 valence electrons. The van der Waals surface area contributed by atoms with Gasteiger partial charge in [0, 0.05) is 13.6 Å². The Morgan fingerprint density at radius 1 is 1.42 bits per heavy atom. The van der Waals surface area contributed by atoms with Gasteiger partial charge in [-0.1, -0.05) is 41.9 Å². The maximum Gasteiger partial charge on any atom is 0.236 e. The first-order valence-corrected chi connectivity index (χ1v) is 6.37. The normalized spacial score (nSPS) is 17.6. The lowest BCUT2D eigenvalue weighted by atomic mass is 9.67. The van der Waals surface area contributed by atoms with Crippen LogP contribution in [0.3, 0.4) is 0 Å². The van der Waals surface area contributed by atoms with Crippen molar-refractivity contribution in [3.63, 3.8) is 0 Å². The van der Waals surface area contributed by atoms with E-state index >= 15 is 0 Å². The van der Waals surface area contributed by atoms with Crippen LogP contribution in [0.25, 0.3) is 0 Å². The fourth-order valence-corrected chi connectivity index (χ4v) is 2.50. The Labute approximate surface area is 112 Å². The van der Waals surface area contributed by atoms with Crippen LogP contribution in [0.5, 0.6) is 0 Å². The first kappa shape index (κ1) is 13.4. The Bertz CT molecular complexity index is 481. The maximum atomic E-state index is 12.5. The number of carbonyl (C=O) groups excluding carboxylic acids is 1. The van der Waals surface area contributed by atoms with Gasteiger partial charge in [0.2, 0.25) is 5.91 Å². The average Bonchev–Trinajstić information content (AvgIpc) is 2.38. The number of hydrogen-bond acceptors (Lipinski definition) is 3. The third kappa shape index (κ3) is 2.41. The summed E-state index contributed by atoms with van der Waals surface area (Å²) >= 11 is 0. The molecule has 0 atom stereocenters. The minimum Gasteiger partial charge on any atom is -0.409 e. The molecule has 0 unspecified atom stereocenters. The van der Waals surface area contributed by atoms with Crippen molar-refractivity contribution in [3.05, 3.63) is 35.9 Å². The lowest BCUT2D eigenvalue weighted by molar-refractivity contribution is -0.141. The monoisotopic (exact) mass is 261 g/mol. The summed E-state index contributed by atoms with van der Waals surface area (Å²) in [5, 5.41) is 11.9. The first-order chi connectivity index (χ1) is 9.10. The molecule has 5 nitrogen and oxygen atoms in total. The Morgan fingerprint density at radius 3 is 2.53 bits per heavy atom. The second kappa shape index (κ2) is 5.30. The van der Waals surface area contributed by atoms with Crippen LogP contribution >= 0.6 is 0 Å². The molecule has 0 aromatic heterocycles. The molecule has 2 rings (SSSR count). The molecule has 1 amide bonds. The lowest BCUT2D eigenvalue weighted by Crippen LogP contribution is -2.54. The van der Waals surface area contributed by atoms with Crippen LogP contribution < -0.4 is 5.73 Å². The number of rotatable bonds is 4. The molecule has 5 heteroatoms. The van der Waals surface area contributed by atoms with Crippen LogP contribution in [0.2, 0.25) is 0 Å². The number of nitrogens with two attached hydrogens (primary N) is 1. The Balaban J connectivity index is 2.11. The highest BCUT2D eigenvalue weighted by Crippen LogP contribution is 2.42. The number of amidine groups is 1. The molecular formula is C14H19N3O2. The summed E-state index contributed by atoms with van der Waals surface area (Å²) in [6.07, 6.45) is 2.24. The van der Waals surface area contributed by atoms with Crippen LogP contribution in [-0.2, 0) is 11.3 Å². The molecule has 0 heterocycles. The zero-order chi connectivity index (χ0) is 13.9. The number of benzene rings is 1. The number of hydrogen-bond donors (Lipinski definition) is 2. The maximum absolute atomic E-state index is 12.5. The van der Waals surface area contributed by atoms with E-state index in [2.05, 4.69) is 5.16 Å². The van der Waals surface area contributed by atoms with Gasteiger partial charge >= 0.3 is 0 Å². The second-order valence-corrected chi connectivity index (χ2v) is 5.07. The van der Waals surface area contributed by atoms with Crippen LogP contribution in [0, 0.1) is 5.41 Å². The minimum absolute atomic E-state index is 0.0312. The SMILES string of the molecule is CN(Cc1ccccc1)C(=O)C1(/C(N)=N/O)CCC1. The number of carbonyl (C=O) groups is 1. The van der Waals surface area contributed by atoms with Gasteiger partial charge in [0.05, 0.1) is 0 Å². The summed E-state index contributed by atoms with van der Waals surface area (Å²) in [6, 6.07) is 9.77. The van der Waals surface area contributed by atoms with Gasteiger partial charge in [-0.05, 0) is 18.4 Å². The fraction of sp³-hybridized carbons (Fsp3) is 0.429. The van der Waals surface area contributed by atoms with Gasteiger partial charge in [0.1, 0.15) is 5.41 Å². The van der Waals surface area contributed by atoms with Gasteiger partial charge in [-0.2, -0.15) is 0 Å². The van der Waals surface area contributed by atoms with Crippen molar-refractivity contribution >= 4 is 11.7 Å². The highest BCUT2D eigenvalue weighted by Gasteiger charge is 2.49. The number of amides is 1. The van der Waals surface area contributed by atoms with E-state index in [1.54, 1.807) is 11.9 Å². The second-order valence-electron chi connectivity index (χ2n) is 5.07. The van der Waals surface area contributed by atoms with Crippen LogP contribution in [-0.4, -0.2) is 28.9 Å². The predicted octanol–water partition coefficient (Wildman–Crippen LogP) is 1.56. The van der Waals surface area contributed by atoms with E-state index in [0.29, 0.717) is 19.4 Å². The number of oxime groups is 1. The third-order valence-corrected chi connectivity index (χ3v) is 3.82. The molecular weight excluding hydrogens is 242 g/mol. The summed E-state index contributed by atoms with van der Waals surface area (Å²) < 4.78 is 0. The smallest absolute Gasteiger partial charge is 0.236 e. The highest BCUT2D eigenvalue weighted by atomic mass is 16.4. The molecule has 1 saturated carbocycles. The quantitative estimate of drug-likeness (QED) is 0.373. The van der Waals surface area contributed by atoms with E-state index < -0.39 is 5.41 Å². The van der Waals surface area contributed by atoms with Crippen molar-refractivity contribution in [1.82, 2.24) is 4.90 Å². The Kier molecular flexibility index (Phi) is 3.74. The molecule has 0 saturated heterocycles. The van der Waals surface area contributed by atoms with Crippen molar-refractivity contribution < 1.29 is 10.0 Å². The minimum atomic E-state index is -0.793. The molecule has 1 aliphatic rings. The summed E-state index contributed by atoms with van der Waals surface area (Å²) in [5.74, 6) is -0.0402. The van der Waals surface area contributed by atoms with Gasteiger partial charge in [0.25, 0.3) is 0 Å². The Morgan fingerprint density at radius 2 is 2.05 bits per heavy atom. The van der Waals surface area contributed by atoms with Gasteiger partial charge in [0.15, 0.2) is 5.84 Å². The largest absolute Gasteiger partial charge is 0.409 e. The highest BCUT2D eigenvalue weighted by molar-refractivity contribution is 6.07. The molecule has 1 fully saturated rings. The van der Waals surface area contributed by atoms with Crippen LogP contribution in [0.4, 0.5) is 0 Å². The molecule has 1 aromatic carbocycles. The molecule has 1 aromatic rings. The first-order valence-electron chi connectivity index (χ1n) is 6.37. The Hall–Kier alpha value is -2.04. The fourth-order valence-electron chi connectivity index (χ4n) is 2.50. The van der Waals surface area contributed by atoms with Gasteiger partial charge in [-0.15, -0.1) is 0 Å². The van der Waals surface area contributed by atoms with Crippen LogP contribution in [0.15, 0.2) is 35.5 Å². The third-order valence-electron chi connectivity index (χ3n) is 3.82. The molecule has 0 radical (unpaired) electrons. The average molecular weight is 261 g/mol. The van der Waals surface area contributed by atoms with Crippen molar-refractivity contribution in [2.75, 3.05) is 7.05 Å². The zero-order valence-corrected chi connectivity index (χ0v) is 11.0. The van der Waals surface area contributed by atoms with Crippen LogP contribution in [0.1, 0.15) is 24.8 Å². The topological polar surface area (TPSA) is 78.9 Å². The van der Waals surface area contributed by atoms with E-state index in [9.17, 15) is 4.79 Å². The van der Waals surface area contributed by atoms with Crippen molar-refractivity contribution in [1.29, 1.82) is 0 Å². The van der Waals surface area contributed by atoms with E-state index in [1.165, 1.54) is 0 Å². The summed E-state index contributed by atoms with van der Waals surface area (Å²) in [4.78, 5) is 14.2. The van der Waals surface area contributed by atoms with Gasteiger partial charge in [-0.3, -0.25) is 4.79 Å². The van der Waals surface area contributed by atoms with E-state index in [4.69, 9.17) is 10.9 Å². The lowest BCUT2D eigenvalue weighted by Gasteiger charge is -2.41. The molecule has 19 heavy (non-hydrogen) atoms. The molecule has 1 aliphatic carbocycles. The molecule has 0 spiro atoms. The van der Waals surface area contributed by atoms with Gasteiger partial charge in [-0.25, -0.2) is 0 Å². The summed E-state index contributed by atoms with van der Waals surface area (Å²) in [5.41, 5.74) is 5.97. The van der Waals surface area contributed by atoms with E-state index in [0.717, 1.165) is 12.0 Å². The zero-order valence-electron chi connectivity index (χ0n) is 11.0. The summed E-state index contributed by atoms with van der Waals surface area (Å²) in [6.45, 7) is 0.528. The molecule has 3 N–H and O–H groups in total.